The van der Waals surface area contributed by atoms with Crippen LogP contribution in [0, 0.1) is 5.92 Å². The van der Waals surface area contributed by atoms with Crippen LogP contribution < -0.4 is 5.32 Å². The first-order valence-corrected chi connectivity index (χ1v) is 7.77. The molecular weight excluding hydrogens is 236 g/mol. The minimum atomic E-state index is 0.680. The zero-order valence-electron chi connectivity index (χ0n) is 12.4. The lowest BCUT2D eigenvalue weighted by Gasteiger charge is -2.21. The average Bonchev–Trinajstić information content (AvgIpc) is 3.02. The zero-order valence-corrected chi connectivity index (χ0v) is 12.4. The smallest absolute Gasteiger partial charge is 0.202 e. The lowest BCUT2D eigenvalue weighted by atomic mass is 10.1. The van der Waals surface area contributed by atoms with Crippen molar-refractivity contribution in [2.24, 2.45) is 5.92 Å². The minimum Gasteiger partial charge on any atom is -0.356 e. The molecule has 1 aliphatic heterocycles. The predicted octanol–water partition coefficient (Wildman–Crippen LogP) is 2.83. The van der Waals surface area contributed by atoms with Gasteiger partial charge in [-0.3, -0.25) is 0 Å². The van der Waals surface area contributed by atoms with Crippen molar-refractivity contribution in [3.63, 3.8) is 0 Å². The van der Waals surface area contributed by atoms with Crippen molar-refractivity contribution in [2.75, 3.05) is 31.5 Å². The molecule has 4 heteroatoms. The van der Waals surface area contributed by atoms with Crippen molar-refractivity contribution >= 4 is 5.95 Å². The number of aromatic nitrogens is 2. The summed E-state index contributed by atoms with van der Waals surface area (Å²) in [5.74, 6) is 1.71. The van der Waals surface area contributed by atoms with Crippen molar-refractivity contribution in [1.29, 1.82) is 0 Å². The molecule has 2 heterocycles. The van der Waals surface area contributed by atoms with Crippen LogP contribution in [0.15, 0.2) is 12.4 Å². The van der Waals surface area contributed by atoms with Crippen LogP contribution in [-0.2, 0) is 6.54 Å². The van der Waals surface area contributed by atoms with Crippen LogP contribution in [0.4, 0.5) is 5.95 Å². The molecule has 1 unspecified atom stereocenters. The summed E-state index contributed by atoms with van der Waals surface area (Å²) in [5.41, 5.74) is 0. The van der Waals surface area contributed by atoms with Gasteiger partial charge in [0.15, 0.2) is 0 Å². The van der Waals surface area contributed by atoms with Crippen molar-refractivity contribution < 1.29 is 0 Å². The summed E-state index contributed by atoms with van der Waals surface area (Å²) in [6.07, 6.45) is 9.17. The monoisotopic (exact) mass is 264 g/mol. The van der Waals surface area contributed by atoms with E-state index in [1.807, 2.05) is 6.20 Å². The summed E-state index contributed by atoms with van der Waals surface area (Å²) < 4.78 is 2.26. The molecule has 0 bridgehead atoms. The molecule has 4 nitrogen and oxygen atoms in total. The van der Waals surface area contributed by atoms with E-state index in [4.69, 9.17) is 0 Å². The molecule has 1 aromatic rings. The molecule has 0 radical (unpaired) electrons. The van der Waals surface area contributed by atoms with Gasteiger partial charge in [0, 0.05) is 32.0 Å². The highest BCUT2D eigenvalue weighted by molar-refractivity contribution is 5.25. The number of likely N-dealkylation sites (tertiary alicyclic amines) is 1. The standard InChI is InChI=1S/C15H28N4/c1-3-4-7-16-15-17-8-11-19(15)13-14(2)12-18-9-5-6-10-18/h8,11,14H,3-7,9-10,12-13H2,1-2H3,(H,16,17). The van der Waals surface area contributed by atoms with E-state index < -0.39 is 0 Å². The fourth-order valence-corrected chi connectivity index (χ4v) is 2.80. The summed E-state index contributed by atoms with van der Waals surface area (Å²) in [7, 11) is 0. The van der Waals surface area contributed by atoms with Crippen LogP contribution in [0.1, 0.15) is 39.5 Å². The second-order valence-corrected chi connectivity index (χ2v) is 5.80. The molecule has 0 saturated carbocycles. The first kappa shape index (κ1) is 14.4. The highest BCUT2D eigenvalue weighted by atomic mass is 15.2. The lowest BCUT2D eigenvalue weighted by Crippen LogP contribution is -2.27. The van der Waals surface area contributed by atoms with Crippen molar-refractivity contribution in [3.05, 3.63) is 12.4 Å². The number of nitrogens with one attached hydrogen (secondary N) is 1. The van der Waals surface area contributed by atoms with Gasteiger partial charge in [-0.05, 0) is 38.3 Å². The fourth-order valence-electron chi connectivity index (χ4n) is 2.80. The third-order valence-electron chi connectivity index (χ3n) is 3.81. The van der Waals surface area contributed by atoms with E-state index in [1.165, 1.54) is 45.3 Å². The Bertz CT molecular complexity index is 355. The summed E-state index contributed by atoms with van der Waals surface area (Å²) in [5, 5.41) is 3.43. The maximum atomic E-state index is 4.41. The van der Waals surface area contributed by atoms with Crippen LogP contribution in [0.25, 0.3) is 0 Å². The van der Waals surface area contributed by atoms with E-state index >= 15 is 0 Å². The quantitative estimate of drug-likeness (QED) is 0.733. The molecule has 1 saturated heterocycles. The number of hydrogen-bond acceptors (Lipinski definition) is 3. The predicted molar refractivity (Wildman–Crippen MR) is 80.5 cm³/mol. The van der Waals surface area contributed by atoms with Gasteiger partial charge in [-0.25, -0.2) is 4.98 Å². The fraction of sp³-hybridized carbons (Fsp3) is 0.800. The van der Waals surface area contributed by atoms with E-state index in [0.29, 0.717) is 5.92 Å². The number of rotatable bonds is 8. The molecule has 2 rings (SSSR count). The Morgan fingerprint density at radius 3 is 2.84 bits per heavy atom. The highest BCUT2D eigenvalue weighted by Crippen LogP contribution is 2.13. The SMILES string of the molecule is CCCCNc1nccn1CC(C)CN1CCCC1. The van der Waals surface area contributed by atoms with Gasteiger partial charge >= 0.3 is 0 Å². The molecule has 1 aliphatic rings. The van der Waals surface area contributed by atoms with Gasteiger partial charge in [0.05, 0.1) is 0 Å². The molecular formula is C15H28N4. The minimum absolute atomic E-state index is 0.680. The maximum absolute atomic E-state index is 4.41. The van der Waals surface area contributed by atoms with Gasteiger partial charge in [0.25, 0.3) is 0 Å². The Kier molecular flexibility index (Phi) is 5.70. The Morgan fingerprint density at radius 2 is 2.11 bits per heavy atom. The second kappa shape index (κ2) is 7.53. The zero-order chi connectivity index (χ0) is 13.5. The van der Waals surface area contributed by atoms with E-state index in [2.05, 4.69) is 39.8 Å². The molecule has 0 amide bonds. The van der Waals surface area contributed by atoms with Gasteiger partial charge in [-0.15, -0.1) is 0 Å². The van der Waals surface area contributed by atoms with Gasteiger partial charge in [-0.2, -0.15) is 0 Å². The number of imidazole rings is 1. The molecule has 19 heavy (non-hydrogen) atoms. The molecule has 0 aromatic carbocycles. The molecule has 0 spiro atoms. The third-order valence-corrected chi connectivity index (χ3v) is 3.81. The van der Waals surface area contributed by atoms with Crippen LogP contribution in [0.5, 0.6) is 0 Å². The second-order valence-electron chi connectivity index (χ2n) is 5.80. The Hall–Kier alpha value is -1.03. The topological polar surface area (TPSA) is 33.1 Å². The number of unbranched alkanes of at least 4 members (excludes halogenated alkanes) is 1. The Labute approximate surface area is 117 Å². The van der Waals surface area contributed by atoms with Gasteiger partial charge < -0.3 is 14.8 Å². The van der Waals surface area contributed by atoms with Crippen LogP contribution in [0.2, 0.25) is 0 Å². The van der Waals surface area contributed by atoms with Crippen molar-refractivity contribution in [3.8, 4) is 0 Å². The van der Waals surface area contributed by atoms with Gasteiger partial charge in [0.2, 0.25) is 5.95 Å². The average molecular weight is 264 g/mol. The Morgan fingerprint density at radius 1 is 1.32 bits per heavy atom. The number of anilines is 1. The molecule has 108 valence electrons. The molecule has 0 aliphatic carbocycles. The van der Waals surface area contributed by atoms with Crippen molar-refractivity contribution in [1.82, 2.24) is 14.5 Å². The summed E-state index contributed by atoms with van der Waals surface area (Å²) >= 11 is 0. The van der Waals surface area contributed by atoms with Crippen molar-refractivity contribution in [2.45, 2.75) is 46.1 Å². The van der Waals surface area contributed by atoms with Gasteiger partial charge in [0.1, 0.15) is 0 Å². The summed E-state index contributed by atoms with van der Waals surface area (Å²) in [6, 6.07) is 0. The summed E-state index contributed by atoms with van der Waals surface area (Å²) in [4.78, 5) is 7.00. The third kappa shape index (κ3) is 4.53. The van der Waals surface area contributed by atoms with Crippen LogP contribution in [0.3, 0.4) is 0 Å². The van der Waals surface area contributed by atoms with E-state index in [-0.39, 0.29) is 0 Å². The first-order valence-electron chi connectivity index (χ1n) is 7.77. The molecule has 1 atom stereocenters. The molecule has 1 fully saturated rings. The summed E-state index contributed by atoms with van der Waals surface area (Å²) in [6.45, 7) is 10.4. The number of hydrogen-bond donors (Lipinski definition) is 1. The van der Waals surface area contributed by atoms with Crippen LogP contribution in [-0.4, -0.2) is 40.6 Å². The van der Waals surface area contributed by atoms with E-state index in [0.717, 1.165) is 19.0 Å². The maximum Gasteiger partial charge on any atom is 0.202 e. The molecule has 1 N–H and O–H groups in total. The van der Waals surface area contributed by atoms with Crippen LogP contribution >= 0.6 is 0 Å². The first-order chi connectivity index (χ1) is 9.29. The van der Waals surface area contributed by atoms with E-state index in [9.17, 15) is 0 Å². The normalized spacial score (nSPS) is 17.8. The highest BCUT2D eigenvalue weighted by Gasteiger charge is 2.15. The van der Waals surface area contributed by atoms with Gasteiger partial charge in [-0.1, -0.05) is 20.3 Å². The Balaban J connectivity index is 1.78. The van der Waals surface area contributed by atoms with E-state index in [1.54, 1.807) is 0 Å². The largest absolute Gasteiger partial charge is 0.356 e. The number of nitrogens with zero attached hydrogens (tertiary/aromatic N) is 3. The molecule has 1 aromatic heterocycles. The lowest BCUT2D eigenvalue weighted by molar-refractivity contribution is 0.272.